The van der Waals surface area contributed by atoms with E-state index in [2.05, 4.69) is 33.0 Å². The number of nitrogens with one attached hydrogen (secondary N) is 1. The van der Waals surface area contributed by atoms with Crippen molar-refractivity contribution < 1.29 is 4.74 Å². The van der Waals surface area contributed by atoms with Gasteiger partial charge in [0.1, 0.15) is 0 Å². The number of hydrogen-bond donors (Lipinski definition) is 1. The van der Waals surface area contributed by atoms with Gasteiger partial charge in [0, 0.05) is 12.1 Å². The number of ether oxygens (including phenoxy) is 1. The predicted octanol–water partition coefficient (Wildman–Crippen LogP) is 3.21. The smallest absolute Gasteiger partial charge is 0.0733 e. The van der Waals surface area contributed by atoms with E-state index in [0.29, 0.717) is 18.1 Å². The van der Waals surface area contributed by atoms with E-state index in [1.54, 1.807) is 0 Å². The third kappa shape index (κ3) is 3.23. The van der Waals surface area contributed by atoms with E-state index in [9.17, 15) is 0 Å². The van der Waals surface area contributed by atoms with Crippen LogP contribution in [0.2, 0.25) is 0 Å². The van der Waals surface area contributed by atoms with E-state index >= 15 is 0 Å². The van der Waals surface area contributed by atoms with Crippen molar-refractivity contribution in [1.82, 2.24) is 5.32 Å². The van der Waals surface area contributed by atoms with E-state index in [1.807, 2.05) is 0 Å². The molecule has 2 nitrogen and oxygen atoms in total. The van der Waals surface area contributed by atoms with Crippen LogP contribution in [0.4, 0.5) is 0 Å². The average molecular weight is 239 g/mol. The third-order valence-electron chi connectivity index (χ3n) is 4.41. The van der Waals surface area contributed by atoms with Crippen LogP contribution in [0.15, 0.2) is 0 Å². The molecule has 1 saturated heterocycles. The van der Waals surface area contributed by atoms with Crippen LogP contribution in [0.1, 0.15) is 53.4 Å². The molecule has 4 atom stereocenters. The number of hydrogen-bond acceptors (Lipinski definition) is 2. The summed E-state index contributed by atoms with van der Waals surface area (Å²) in [6.45, 7) is 10.2. The lowest BCUT2D eigenvalue weighted by molar-refractivity contribution is 0.00667. The van der Waals surface area contributed by atoms with Crippen molar-refractivity contribution in [2.75, 3.05) is 6.61 Å². The second kappa shape index (κ2) is 5.71. The zero-order chi connectivity index (χ0) is 12.4. The first-order valence-corrected chi connectivity index (χ1v) is 7.45. The fourth-order valence-electron chi connectivity index (χ4n) is 3.46. The molecule has 1 heterocycles. The van der Waals surface area contributed by atoms with Gasteiger partial charge in [-0.3, -0.25) is 0 Å². The van der Waals surface area contributed by atoms with E-state index in [1.165, 1.54) is 25.7 Å². The van der Waals surface area contributed by atoms with Gasteiger partial charge in [0.15, 0.2) is 0 Å². The molecule has 17 heavy (non-hydrogen) atoms. The first kappa shape index (κ1) is 13.4. The topological polar surface area (TPSA) is 21.3 Å². The molecule has 0 bridgehead atoms. The Morgan fingerprint density at radius 1 is 1.18 bits per heavy atom. The summed E-state index contributed by atoms with van der Waals surface area (Å²) in [5.74, 6) is 2.16. The molecular formula is C15H29NO. The van der Waals surface area contributed by atoms with Crippen LogP contribution in [0.3, 0.4) is 0 Å². The normalized spacial score (nSPS) is 38.5. The van der Waals surface area contributed by atoms with Crippen LogP contribution in [-0.4, -0.2) is 24.8 Å². The Kier molecular flexibility index (Phi) is 4.48. The minimum absolute atomic E-state index is 0.417. The molecule has 4 unspecified atom stereocenters. The first-order valence-electron chi connectivity index (χ1n) is 7.45. The van der Waals surface area contributed by atoms with Crippen molar-refractivity contribution in [2.45, 2.75) is 71.6 Å². The monoisotopic (exact) mass is 239 g/mol. The minimum atomic E-state index is 0.417. The molecule has 0 aromatic carbocycles. The van der Waals surface area contributed by atoms with Gasteiger partial charge < -0.3 is 10.1 Å². The average Bonchev–Trinajstić information content (AvgIpc) is 2.61. The highest BCUT2D eigenvalue weighted by Gasteiger charge is 2.37. The molecule has 2 aliphatic rings. The second-order valence-corrected chi connectivity index (χ2v) is 6.74. The molecular weight excluding hydrogens is 210 g/mol. The lowest BCUT2D eigenvalue weighted by Crippen LogP contribution is -2.48. The van der Waals surface area contributed by atoms with Crippen molar-refractivity contribution >= 4 is 0 Å². The standard InChI is InChI=1S/C15H29NO/c1-10(2)8-14-15(11(3)4)16-13-7-5-6-12(13)9-17-14/h10-16H,5-9H2,1-4H3. The summed E-state index contributed by atoms with van der Waals surface area (Å²) >= 11 is 0. The lowest BCUT2D eigenvalue weighted by Gasteiger charge is -2.31. The van der Waals surface area contributed by atoms with Crippen LogP contribution >= 0.6 is 0 Å². The minimum Gasteiger partial charge on any atom is -0.376 e. The summed E-state index contributed by atoms with van der Waals surface area (Å²) in [4.78, 5) is 0. The molecule has 1 N–H and O–H groups in total. The molecule has 2 heteroatoms. The van der Waals surface area contributed by atoms with Gasteiger partial charge in [0.05, 0.1) is 12.7 Å². The van der Waals surface area contributed by atoms with Crippen molar-refractivity contribution in [3.63, 3.8) is 0 Å². The zero-order valence-electron chi connectivity index (χ0n) is 11.9. The lowest BCUT2D eigenvalue weighted by atomic mass is 9.91. The summed E-state index contributed by atoms with van der Waals surface area (Å²) in [6, 6.07) is 1.27. The molecule has 0 spiro atoms. The van der Waals surface area contributed by atoms with E-state index in [-0.39, 0.29) is 0 Å². The Morgan fingerprint density at radius 2 is 1.94 bits per heavy atom. The summed E-state index contributed by atoms with van der Waals surface area (Å²) in [5.41, 5.74) is 0. The van der Waals surface area contributed by atoms with Gasteiger partial charge >= 0.3 is 0 Å². The molecule has 100 valence electrons. The van der Waals surface area contributed by atoms with Crippen molar-refractivity contribution in [2.24, 2.45) is 17.8 Å². The maximum absolute atomic E-state index is 6.24. The number of rotatable bonds is 3. The van der Waals surface area contributed by atoms with Crippen LogP contribution < -0.4 is 5.32 Å². The van der Waals surface area contributed by atoms with E-state index < -0.39 is 0 Å². The second-order valence-electron chi connectivity index (χ2n) is 6.74. The highest BCUT2D eigenvalue weighted by Crippen LogP contribution is 2.32. The van der Waals surface area contributed by atoms with Gasteiger partial charge in [-0.15, -0.1) is 0 Å². The zero-order valence-corrected chi connectivity index (χ0v) is 11.9. The molecule has 0 aromatic rings. The fourth-order valence-corrected chi connectivity index (χ4v) is 3.46. The molecule has 0 amide bonds. The summed E-state index contributed by atoms with van der Waals surface area (Å²) < 4.78 is 6.24. The van der Waals surface area contributed by atoms with Crippen LogP contribution in [-0.2, 0) is 4.74 Å². The number of fused-ring (bicyclic) bond motifs is 1. The first-order chi connectivity index (χ1) is 8.08. The van der Waals surface area contributed by atoms with E-state index in [4.69, 9.17) is 4.74 Å². The van der Waals surface area contributed by atoms with Gasteiger partial charge in [-0.1, -0.05) is 34.1 Å². The molecule has 2 fully saturated rings. The van der Waals surface area contributed by atoms with Gasteiger partial charge in [0.2, 0.25) is 0 Å². The third-order valence-corrected chi connectivity index (χ3v) is 4.41. The molecule has 1 aliphatic heterocycles. The Hall–Kier alpha value is -0.0800. The molecule has 2 rings (SSSR count). The molecule has 0 radical (unpaired) electrons. The van der Waals surface area contributed by atoms with Crippen LogP contribution in [0.5, 0.6) is 0 Å². The maximum atomic E-state index is 6.24. The van der Waals surface area contributed by atoms with Crippen molar-refractivity contribution in [1.29, 1.82) is 0 Å². The van der Waals surface area contributed by atoms with Gasteiger partial charge in [-0.2, -0.15) is 0 Å². The molecule has 1 aliphatic carbocycles. The Balaban J connectivity index is 2.04. The summed E-state index contributed by atoms with van der Waals surface area (Å²) in [7, 11) is 0. The van der Waals surface area contributed by atoms with Gasteiger partial charge in [0.25, 0.3) is 0 Å². The van der Waals surface area contributed by atoms with Crippen molar-refractivity contribution in [3.8, 4) is 0 Å². The Bertz CT molecular complexity index is 239. The van der Waals surface area contributed by atoms with E-state index in [0.717, 1.165) is 24.5 Å². The highest BCUT2D eigenvalue weighted by atomic mass is 16.5. The highest BCUT2D eigenvalue weighted by molar-refractivity contribution is 4.93. The van der Waals surface area contributed by atoms with Crippen LogP contribution in [0.25, 0.3) is 0 Å². The maximum Gasteiger partial charge on any atom is 0.0733 e. The summed E-state index contributed by atoms with van der Waals surface area (Å²) in [5, 5.41) is 3.91. The molecule has 0 aromatic heterocycles. The SMILES string of the molecule is CC(C)CC1OCC2CCCC2NC1C(C)C. The summed E-state index contributed by atoms with van der Waals surface area (Å²) in [6.07, 6.45) is 5.70. The largest absolute Gasteiger partial charge is 0.376 e. The Morgan fingerprint density at radius 3 is 2.59 bits per heavy atom. The van der Waals surface area contributed by atoms with Gasteiger partial charge in [-0.25, -0.2) is 0 Å². The predicted molar refractivity (Wildman–Crippen MR) is 72.1 cm³/mol. The Labute approximate surface area is 107 Å². The van der Waals surface area contributed by atoms with Gasteiger partial charge in [-0.05, 0) is 37.0 Å². The van der Waals surface area contributed by atoms with Crippen LogP contribution in [0, 0.1) is 17.8 Å². The van der Waals surface area contributed by atoms with Crippen molar-refractivity contribution in [3.05, 3.63) is 0 Å². The molecule has 1 saturated carbocycles. The quantitative estimate of drug-likeness (QED) is 0.816. The fraction of sp³-hybridized carbons (Fsp3) is 1.00.